The highest BCUT2D eigenvalue weighted by molar-refractivity contribution is 5.39. The van der Waals surface area contributed by atoms with Gasteiger partial charge in [-0.25, -0.2) is 0 Å². The van der Waals surface area contributed by atoms with E-state index in [-0.39, 0.29) is 0 Å². The topological polar surface area (TPSA) is 21.3 Å². The van der Waals surface area contributed by atoms with E-state index in [9.17, 15) is 0 Å². The number of hydrogen-bond acceptors (Lipinski definition) is 2. The summed E-state index contributed by atoms with van der Waals surface area (Å²) in [7, 11) is 1.96. The van der Waals surface area contributed by atoms with E-state index in [1.807, 2.05) is 14.0 Å². The van der Waals surface area contributed by atoms with Gasteiger partial charge in [-0.05, 0) is 39.4 Å². The van der Waals surface area contributed by atoms with Gasteiger partial charge in [0.2, 0.25) is 0 Å². The van der Waals surface area contributed by atoms with Crippen molar-refractivity contribution in [2.24, 2.45) is 0 Å². The van der Waals surface area contributed by atoms with E-state index >= 15 is 0 Å². The molecule has 92 valence electrons. The van der Waals surface area contributed by atoms with Gasteiger partial charge in [0.25, 0.3) is 0 Å². The first-order chi connectivity index (χ1) is 8.19. The van der Waals surface area contributed by atoms with Crippen molar-refractivity contribution in [1.82, 2.24) is 5.32 Å². The molecule has 1 aromatic rings. The molecular formula is C15H21NO. The minimum atomic E-state index is 0.294. The van der Waals surface area contributed by atoms with Gasteiger partial charge < -0.3 is 10.1 Å². The number of benzene rings is 1. The zero-order valence-corrected chi connectivity index (χ0v) is 11.1. The largest absolute Gasteiger partial charge is 0.492 e. The minimum Gasteiger partial charge on any atom is -0.492 e. The van der Waals surface area contributed by atoms with E-state index in [1.54, 1.807) is 0 Å². The van der Waals surface area contributed by atoms with Crippen LogP contribution in [0.25, 0.3) is 0 Å². The molecule has 0 aliphatic heterocycles. The first kappa shape index (κ1) is 13.6. The van der Waals surface area contributed by atoms with Crippen molar-refractivity contribution < 1.29 is 4.74 Å². The van der Waals surface area contributed by atoms with E-state index in [0.717, 1.165) is 12.2 Å². The molecule has 0 aliphatic carbocycles. The van der Waals surface area contributed by atoms with Crippen LogP contribution in [0.1, 0.15) is 37.4 Å². The highest BCUT2D eigenvalue weighted by Gasteiger charge is 2.09. The van der Waals surface area contributed by atoms with Crippen LogP contribution in [0.2, 0.25) is 0 Å². The van der Waals surface area contributed by atoms with Crippen LogP contribution >= 0.6 is 0 Å². The van der Waals surface area contributed by atoms with Crippen LogP contribution in [-0.2, 0) is 0 Å². The van der Waals surface area contributed by atoms with Crippen LogP contribution in [0.3, 0.4) is 0 Å². The van der Waals surface area contributed by atoms with Crippen LogP contribution in [0.4, 0.5) is 0 Å². The molecular weight excluding hydrogens is 210 g/mol. The monoisotopic (exact) mass is 231 g/mol. The van der Waals surface area contributed by atoms with Crippen molar-refractivity contribution in [2.75, 3.05) is 13.7 Å². The van der Waals surface area contributed by atoms with Gasteiger partial charge in [-0.1, -0.05) is 12.1 Å². The molecule has 1 aromatic carbocycles. The summed E-state index contributed by atoms with van der Waals surface area (Å²) in [5.74, 6) is 6.84. The Kier molecular flexibility index (Phi) is 5.59. The molecule has 0 heterocycles. The second-order valence-corrected chi connectivity index (χ2v) is 4.08. The minimum absolute atomic E-state index is 0.294. The molecule has 0 aromatic heterocycles. The maximum Gasteiger partial charge on any atom is 0.124 e. The van der Waals surface area contributed by atoms with Crippen LogP contribution in [0.15, 0.2) is 18.2 Å². The molecule has 2 nitrogen and oxygen atoms in total. The first-order valence-electron chi connectivity index (χ1n) is 5.99. The number of rotatable bonds is 5. The lowest BCUT2D eigenvalue weighted by molar-refractivity contribution is 0.320. The Morgan fingerprint density at radius 2 is 2.18 bits per heavy atom. The average Bonchev–Trinajstić information content (AvgIpc) is 2.34. The fourth-order valence-electron chi connectivity index (χ4n) is 1.62. The third-order valence-electron chi connectivity index (χ3n) is 2.73. The molecule has 0 saturated heterocycles. The van der Waals surface area contributed by atoms with Crippen LogP contribution in [0.5, 0.6) is 5.75 Å². The molecule has 1 unspecified atom stereocenters. The predicted molar refractivity (Wildman–Crippen MR) is 72.2 cm³/mol. The van der Waals surface area contributed by atoms with Gasteiger partial charge in [0.15, 0.2) is 0 Å². The van der Waals surface area contributed by atoms with E-state index in [4.69, 9.17) is 4.74 Å². The zero-order chi connectivity index (χ0) is 12.7. The second kappa shape index (κ2) is 6.98. The Bertz CT molecular complexity index is 415. The van der Waals surface area contributed by atoms with E-state index in [0.29, 0.717) is 12.6 Å². The molecule has 0 radical (unpaired) electrons. The summed E-state index contributed by atoms with van der Waals surface area (Å²) in [6, 6.07) is 6.62. The SMILES string of the molecule is CC#CCCOc1cc(C)ccc1C(C)NC. The molecule has 17 heavy (non-hydrogen) atoms. The summed E-state index contributed by atoms with van der Waals surface area (Å²) in [4.78, 5) is 0. The second-order valence-electron chi connectivity index (χ2n) is 4.08. The summed E-state index contributed by atoms with van der Waals surface area (Å²) >= 11 is 0. The van der Waals surface area contributed by atoms with Gasteiger partial charge in [0.1, 0.15) is 5.75 Å². The summed E-state index contributed by atoms with van der Waals surface area (Å²) in [5.41, 5.74) is 2.41. The number of aryl methyl sites for hydroxylation is 1. The van der Waals surface area contributed by atoms with Crippen LogP contribution in [-0.4, -0.2) is 13.7 Å². The summed E-state index contributed by atoms with van der Waals surface area (Å²) < 4.78 is 5.80. The van der Waals surface area contributed by atoms with E-state index < -0.39 is 0 Å². The van der Waals surface area contributed by atoms with Gasteiger partial charge in [-0.3, -0.25) is 0 Å². The van der Waals surface area contributed by atoms with Crippen LogP contribution < -0.4 is 10.1 Å². The Morgan fingerprint density at radius 1 is 1.41 bits per heavy atom. The molecule has 1 N–H and O–H groups in total. The van der Waals surface area contributed by atoms with Crippen molar-refractivity contribution in [3.8, 4) is 17.6 Å². The normalized spacial score (nSPS) is 11.5. The lowest BCUT2D eigenvalue weighted by atomic mass is 10.1. The van der Waals surface area contributed by atoms with Crippen molar-refractivity contribution >= 4 is 0 Å². The van der Waals surface area contributed by atoms with E-state index in [1.165, 1.54) is 11.1 Å². The summed E-state index contributed by atoms with van der Waals surface area (Å²) in [6.45, 7) is 6.70. The van der Waals surface area contributed by atoms with Gasteiger partial charge in [-0.2, -0.15) is 0 Å². The van der Waals surface area contributed by atoms with E-state index in [2.05, 4.69) is 49.2 Å². The Morgan fingerprint density at radius 3 is 2.82 bits per heavy atom. The maximum atomic E-state index is 5.80. The predicted octanol–water partition coefficient (Wildman–Crippen LogP) is 3.07. The maximum absolute atomic E-state index is 5.80. The third-order valence-corrected chi connectivity index (χ3v) is 2.73. The molecule has 2 heteroatoms. The van der Waals surface area contributed by atoms with Gasteiger partial charge in [0.05, 0.1) is 6.61 Å². The highest BCUT2D eigenvalue weighted by atomic mass is 16.5. The van der Waals surface area contributed by atoms with Gasteiger partial charge in [-0.15, -0.1) is 11.8 Å². The number of ether oxygens (including phenoxy) is 1. The van der Waals surface area contributed by atoms with Gasteiger partial charge in [0, 0.05) is 18.0 Å². The van der Waals surface area contributed by atoms with Crippen molar-refractivity contribution in [3.63, 3.8) is 0 Å². The molecule has 1 rings (SSSR count). The van der Waals surface area contributed by atoms with Gasteiger partial charge >= 0.3 is 0 Å². The molecule has 0 bridgehead atoms. The molecule has 0 fully saturated rings. The fourth-order valence-corrected chi connectivity index (χ4v) is 1.62. The quantitative estimate of drug-likeness (QED) is 0.621. The third kappa shape index (κ3) is 4.13. The van der Waals surface area contributed by atoms with Crippen molar-refractivity contribution in [1.29, 1.82) is 0 Å². The average molecular weight is 231 g/mol. The standard InChI is InChI=1S/C15H21NO/c1-5-6-7-10-17-15-11-12(2)8-9-14(15)13(3)16-4/h8-9,11,13,16H,7,10H2,1-4H3. The molecule has 0 amide bonds. The lowest BCUT2D eigenvalue weighted by Crippen LogP contribution is -2.14. The summed E-state index contributed by atoms with van der Waals surface area (Å²) in [5, 5.41) is 3.23. The van der Waals surface area contributed by atoms with Crippen LogP contribution in [0, 0.1) is 18.8 Å². The number of hydrogen-bond donors (Lipinski definition) is 1. The summed E-state index contributed by atoms with van der Waals surface area (Å²) in [6.07, 6.45) is 0.776. The molecule has 0 saturated carbocycles. The van der Waals surface area contributed by atoms with Crippen molar-refractivity contribution in [3.05, 3.63) is 29.3 Å². The zero-order valence-electron chi connectivity index (χ0n) is 11.1. The fraction of sp³-hybridized carbons (Fsp3) is 0.467. The number of nitrogens with one attached hydrogen (secondary N) is 1. The molecule has 0 aliphatic rings. The Labute approximate surface area is 104 Å². The molecule has 0 spiro atoms. The highest BCUT2D eigenvalue weighted by Crippen LogP contribution is 2.26. The Balaban J connectivity index is 2.78. The smallest absolute Gasteiger partial charge is 0.124 e. The molecule has 1 atom stereocenters. The lowest BCUT2D eigenvalue weighted by Gasteiger charge is -2.16. The first-order valence-corrected chi connectivity index (χ1v) is 5.99. The Hall–Kier alpha value is -1.46. The van der Waals surface area contributed by atoms with Crippen molar-refractivity contribution in [2.45, 2.75) is 33.2 Å².